The molecule has 2 amide bonds. The summed E-state index contributed by atoms with van der Waals surface area (Å²) in [5, 5.41) is 8.80. The Bertz CT molecular complexity index is 1400. The van der Waals surface area contributed by atoms with E-state index in [1.807, 2.05) is 20.8 Å². The minimum Gasteiger partial charge on any atom is -0.451 e. The van der Waals surface area contributed by atoms with Gasteiger partial charge in [0.2, 0.25) is 5.91 Å². The fraction of sp³-hybridized carbons (Fsp3) is 0.357. The van der Waals surface area contributed by atoms with E-state index in [0.717, 1.165) is 6.26 Å². The zero-order chi connectivity index (χ0) is 28.1. The molecular formula is C28H34FN3O5S. The normalized spacial score (nSPS) is 13.4. The molecule has 2 aromatic carbocycles. The second kappa shape index (κ2) is 11.8. The molecule has 0 saturated heterocycles. The second-order valence-corrected chi connectivity index (χ2v) is 12.6. The van der Waals surface area contributed by atoms with Crippen molar-refractivity contribution >= 4 is 27.3 Å². The Kier molecular flexibility index (Phi) is 8.98. The lowest BCUT2D eigenvalue weighted by atomic mass is 9.87. The molecule has 204 valence electrons. The zero-order valence-electron chi connectivity index (χ0n) is 22.2. The van der Waals surface area contributed by atoms with Gasteiger partial charge in [0.05, 0.1) is 4.90 Å². The van der Waals surface area contributed by atoms with Gasteiger partial charge in [-0.2, -0.15) is 0 Å². The first-order valence-electron chi connectivity index (χ1n) is 12.2. The molecule has 1 heterocycles. The number of carbonyl (C=O) groups is 2. The number of nitrogens with one attached hydrogen (secondary N) is 3. The summed E-state index contributed by atoms with van der Waals surface area (Å²) in [5.41, 5.74) is 0.843. The number of hydrogen-bond donors (Lipinski definition) is 3. The third-order valence-corrected chi connectivity index (χ3v) is 6.75. The van der Waals surface area contributed by atoms with Crippen LogP contribution in [0.3, 0.4) is 0 Å². The maximum absolute atomic E-state index is 13.6. The van der Waals surface area contributed by atoms with Gasteiger partial charge in [-0.15, -0.1) is 0 Å². The number of anilines is 1. The van der Waals surface area contributed by atoms with Crippen LogP contribution in [0.25, 0.3) is 11.3 Å². The average Bonchev–Trinajstić information content (AvgIpc) is 3.32. The minimum atomic E-state index is -3.34. The van der Waals surface area contributed by atoms with Crippen LogP contribution in [-0.4, -0.2) is 45.1 Å². The summed E-state index contributed by atoms with van der Waals surface area (Å²) in [7, 11) is -3.34. The number of furan rings is 1. The van der Waals surface area contributed by atoms with E-state index in [0.29, 0.717) is 30.0 Å². The van der Waals surface area contributed by atoms with Gasteiger partial charge in [-0.1, -0.05) is 39.0 Å². The van der Waals surface area contributed by atoms with Gasteiger partial charge in [0.15, 0.2) is 15.6 Å². The van der Waals surface area contributed by atoms with Crippen LogP contribution >= 0.6 is 0 Å². The molecule has 0 radical (unpaired) electrons. The highest BCUT2D eigenvalue weighted by atomic mass is 32.2. The Morgan fingerprint density at radius 1 is 1.00 bits per heavy atom. The lowest BCUT2D eigenvalue weighted by Gasteiger charge is -2.27. The van der Waals surface area contributed by atoms with Crippen LogP contribution in [0.1, 0.15) is 44.7 Å². The summed E-state index contributed by atoms with van der Waals surface area (Å²) >= 11 is 0. The molecule has 1 aromatic heterocycles. The topological polar surface area (TPSA) is 118 Å². The van der Waals surface area contributed by atoms with E-state index in [1.165, 1.54) is 30.3 Å². The third kappa shape index (κ3) is 8.44. The van der Waals surface area contributed by atoms with Gasteiger partial charge in [0.1, 0.15) is 17.6 Å². The number of rotatable bonds is 10. The van der Waals surface area contributed by atoms with Crippen LogP contribution in [-0.2, 0) is 14.6 Å². The number of halogens is 1. The van der Waals surface area contributed by atoms with Crippen molar-refractivity contribution in [3.8, 4) is 11.3 Å². The van der Waals surface area contributed by atoms with Gasteiger partial charge in [0, 0.05) is 30.1 Å². The van der Waals surface area contributed by atoms with Crippen LogP contribution < -0.4 is 16.0 Å². The van der Waals surface area contributed by atoms with Crippen LogP contribution in [0.15, 0.2) is 70.0 Å². The fourth-order valence-electron chi connectivity index (χ4n) is 3.81. The Morgan fingerprint density at radius 3 is 2.37 bits per heavy atom. The van der Waals surface area contributed by atoms with Gasteiger partial charge in [-0.05, 0) is 61.2 Å². The van der Waals surface area contributed by atoms with Crippen LogP contribution in [0.4, 0.5) is 10.1 Å². The van der Waals surface area contributed by atoms with Crippen molar-refractivity contribution in [1.82, 2.24) is 10.6 Å². The lowest BCUT2D eigenvalue weighted by Crippen LogP contribution is -2.51. The molecule has 0 saturated carbocycles. The summed E-state index contributed by atoms with van der Waals surface area (Å²) in [6.45, 7) is 8.04. The molecule has 3 aromatic rings. The standard InChI is InChI=1S/C28H34FN3O5S/c1-18(17-30-21-10-7-11-22(15-21)38(5,35)36)31-26(33)23(16-28(2,3)4)32-27(34)25-13-12-24(37-25)19-8-6-9-20(29)14-19/h6-15,18,23,30H,16-17H2,1-5H3,(H,31,33)(H,32,34)/t18-,23-/m0/s1. The van der Waals surface area contributed by atoms with Gasteiger partial charge in [-0.3, -0.25) is 9.59 Å². The Labute approximate surface area is 222 Å². The molecule has 3 rings (SSSR count). The van der Waals surface area contributed by atoms with Crippen molar-refractivity contribution in [2.75, 3.05) is 18.1 Å². The molecule has 0 unspecified atom stereocenters. The molecule has 0 fully saturated rings. The molecular weight excluding hydrogens is 509 g/mol. The van der Waals surface area contributed by atoms with Crippen molar-refractivity contribution in [2.45, 2.75) is 51.1 Å². The highest BCUT2D eigenvalue weighted by Crippen LogP contribution is 2.24. The van der Waals surface area contributed by atoms with E-state index >= 15 is 0 Å². The first-order valence-corrected chi connectivity index (χ1v) is 14.1. The monoisotopic (exact) mass is 543 g/mol. The van der Waals surface area contributed by atoms with E-state index in [9.17, 15) is 22.4 Å². The second-order valence-electron chi connectivity index (χ2n) is 10.6. The Balaban J connectivity index is 1.65. The summed E-state index contributed by atoms with van der Waals surface area (Å²) in [4.78, 5) is 26.3. The van der Waals surface area contributed by atoms with Gasteiger partial charge in [0.25, 0.3) is 5.91 Å². The molecule has 0 aliphatic rings. The highest BCUT2D eigenvalue weighted by molar-refractivity contribution is 7.90. The molecule has 8 nitrogen and oxygen atoms in total. The molecule has 38 heavy (non-hydrogen) atoms. The van der Waals surface area contributed by atoms with E-state index < -0.39 is 27.6 Å². The third-order valence-electron chi connectivity index (χ3n) is 5.64. The average molecular weight is 544 g/mol. The quantitative estimate of drug-likeness (QED) is 0.343. The SMILES string of the molecule is C[C@@H](CNc1cccc(S(C)(=O)=O)c1)NC(=O)[C@H](CC(C)(C)C)NC(=O)c1ccc(-c2cccc(F)c2)o1. The van der Waals surface area contributed by atoms with Crippen molar-refractivity contribution in [3.63, 3.8) is 0 Å². The molecule has 0 aliphatic carbocycles. The first kappa shape index (κ1) is 28.9. The summed E-state index contributed by atoms with van der Waals surface area (Å²) < 4.78 is 42.8. The number of carbonyl (C=O) groups excluding carboxylic acids is 2. The van der Waals surface area contributed by atoms with E-state index in [4.69, 9.17) is 4.42 Å². The maximum Gasteiger partial charge on any atom is 0.287 e. The van der Waals surface area contributed by atoms with Crippen LogP contribution in [0, 0.1) is 11.2 Å². The van der Waals surface area contributed by atoms with Gasteiger partial charge >= 0.3 is 0 Å². The number of benzene rings is 2. The molecule has 0 spiro atoms. The van der Waals surface area contributed by atoms with Gasteiger partial charge in [-0.25, -0.2) is 12.8 Å². The number of sulfone groups is 1. The number of amides is 2. The predicted molar refractivity (Wildman–Crippen MR) is 145 cm³/mol. The summed E-state index contributed by atoms with van der Waals surface area (Å²) in [6, 6.07) is 14.2. The predicted octanol–water partition coefficient (Wildman–Crippen LogP) is 4.64. The van der Waals surface area contributed by atoms with Crippen LogP contribution in [0.5, 0.6) is 0 Å². The fourth-order valence-corrected chi connectivity index (χ4v) is 4.48. The largest absolute Gasteiger partial charge is 0.451 e. The van der Waals surface area contributed by atoms with E-state index in [-0.39, 0.29) is 28.0 Å². The smallest absolute Gasteiger partial charge is 0.287 e. The Morgan fingerprint density at radius 2 is 1.71 bits per heavy atom. The molecule has 3 N–H and O–H groups in total. The van der Waals surface area contributed by atoms with E-state index in [1.54, 1.807) is 37.3 Å². The van der Waals surface area contributed by atoms with Crippen molar-refractivity contribution in [3.05, 3.63) is 72.2 Å². The van der Waals surface area contributed by atoms with Crippen molar-refractivity contribution in [2.24, 2.45) is 5.41 Å². The lowest BCUT2D eigenvalue weighted by molar-refractivity contribution is -0.124. The minimum absolute atomic E-state index is 0.0106. The summed E-state index contributed by atoms with van der Waals surface area (Å²) in [5.74, 6) is -0.981. The number of hydrogen-bond acceptors (Lipinski definition) is 6. The maximum atomic E-state index is 13.6. The van der Waals surface area contributed by atoms with Gasteiger partial charge < -0.3 is 20.4 Å². The summed E-state index contributed by atoms with van der Waals surface area (Å²) in [6.07, 6.45) is 1.52. The molecule has 0 aliphatic heterocycles. The molecule has 10 heteroatoms. The highest BCUT2D eigenvalue weighted by Gasteiger charge is 2.28. The van der Waals surface area contributed by atoms with Crippen molar-refractivity contribution in [1.29, 1.82) is 0 Å². The first-order chi connectivity index (χ1) is 17.7. The Hall–Kier alpha value is -3.66. The van der Waals surface area contributed by atoms with Crippen LogP contribution in [0.2, 0.25) is 0 Å². The molecule has 2 atom stereocenters. The van der Waals surface area contributed by atoms with E-state index in [2.05, 4.69) is 16.0 Å². The molecule has 0 bridgehead atoms. The zero-order valence-corrected chi connectivity index (χ0v) is 23.0. The van der Waals surface area contributed by atoms with Crippen molar-refractivity contribution < 1.29 is 26.8 Å².